The van der Waals surface area contributed by atoms with Crippen LogP contribution in [0.5, 0.6) is 0 Å². The van der Waals surface area contributed by atoms with Crippen molar-refractivity contribution in [3.63, 3.8) is 0 Å². The molecule has 0 aliphatic heterocycles. The van der Waals surface area contributed by atoms with Crippen LogP contribution in [-0.2, 0) is 10.0 Å². The molecule has 0 amide bonds. The molecule has 1 radical (unpaired) electrons. The first-order valence-corrected chi connectivity index (χ1v) is 5.85. The Hall–Kier alpha value is -0.0900. The number of sulfonamides is 1. The third kappa shape index (κ3) is 3.72. The highest BCUT2D eigenvalue weighted by atomic mass is 32.2. The third-order valence-corrected chi connectivity index (χ3v) is 2.60. The second kappa shape index (κ2) is 3.54. The quantitative estimate of drug-likeness (QED) is 0.627. The van der Waals surface area contributed by atoms with Crippen LogP contribution in [0.2, 0.25) is 0 Å². The molecule has 1 rings (SSSR count). The fraction of sp³-hybridized carbons (Fsp3) is 1.00. The van der Waals surface area contributed by atoms with Gasteiger partial charge in [-0.05, 0) is 12.8 Å². The van der Waals surface area contributed by atoms with E-state index in [0.717, 1.165) is 25.7 Å². The zero-order valence-electron chi connectivity index (χ0n) is 6.78. The lowest BCUT2D eigenvalue weighted by Crippen LogP contribution is -2.28. The maximum Gasteiger partial charge on any atom is 0.225 e. The highest BCUT2D eigenvalue weighted by Gasteiger charge is 2.18. The average Bonchev–Trinajstić information content (AvgIpc) is 1.85. The van der Waals surface area contributed by atoms with Gasteiger partial charge in [-0.2, -0.15) is 0 Å². The lowest BCUT2D eigenvalue weighted by atomic mass is 9.96. The van der Waals surface area contributed by atoms with Gasteiger partial charge in [0.15, 0.2) is 0 Å². The summed E-state index contributed by atoms with van der Waals surface area (Å²) in [6, 6.07) is 0.0822. The first-order valence-electron chi connectivity index (χ1n) is 4.00. The SMILES string of the molecule is CS(=O)(=O)[N]C1CCCCC1. The molecule has 0 heterocycles. The molecule has 65 valence electrons. The van der Waals surface area contributed by atoms with Crippen molar-refractivity contribution in [1.82, 2.24) is 4.72 Å². The van der Waals surface area contributed by atoms with Gasteiger partial charge < -0.3 is 0 Å². The number of hydrogen-bond acceptors (Lipinski definition) is 2. The van der Waals surface area contributed by atoms with Gasteiger partial charge in [0.25, 0.3) is 0 Å². The van der Waals surface area contributed by atoms with Gasteiger partial charge in [0.2, 0.25) is 10.0 Å². The summed E-state index contributed by atoms with van der Waals surface area (Å²) in [6.07, 6.45) is 6.56. The van der Waals surface area contributed by atoms with Gasteiger partial charge in [-0.3, -0.25) is 0 Å². The highest BCUT2D eigenvalue weighted by Crippen LogP contribution is 2.18. The van der Waals surface area contributed by atoms with Crippen LogP contribution in [0.1, 0.15) is 32.1 Å². The molecule has 11 heavy (non-hydrogen) atoms. The van der Waals surface area contributed by atoms with Gasteiger partial charge in [-0.25, -0.2) is 8.42 Å². The van der Waals surface area contributed by atoms with Gasteiger partial charge in [0.1, 0.15) is 0 Å². The summed E-state index contributed by atoms with van der Waals surface area (Å²) in [6.45, 7) is 0. The minimum Gasteiger partial charge on any atom is -0.211 e. The second-order valence-corrected chi connectivity index (χ2v) is 4.81. The molecule has 1 aliphatic carbocycles. The molecule has 0 N–H and O–H groups in total. The second-order valence-electron chi connectivity index (χ2n) is 3.13. The fourth-order valence-electron chi connectivity index (χ4n) is 1.46. The zero-order chi connectivity index (χ0) is 8.32. The van der Waals surface area contributed by atoms with E-state index in [4.69, 9.17) is 0 Å². The van der Waals surface area contributed by atoms with Gasteiger partial charge >= 0.3 is 0 Å². The highest BCUT2D eigenvalue weighted by molar-refractivity contribution is 7.88. The Morgan fingerprint density at radius 1 is 1.18 bits per heavy atom. The Bertz CT molecular complexity index is 204. The van der Waals surface area contributed by atoms with Crippen molar-refractivity contribution in [3.8, 4) is 0 Å². The number of hydrogen-bond donors (Lipinski definition) is 0. The Labute approximate surface area is 68.2 Å². The number of nitrogens with zero attached hydrogens (tertiary/aromatic N) is 1. The van der Waals surface area contributed by atoms with Gasteiger partial charge in [-0.15, -0.1) is 4.72 Å². The predicted molar refractivity (Wildman–Crippen MR) is 43.9 cm³/mol. The first kappa shape index (κ1) is 9.00. The molecule has 0 spiro atoms. The molecule has 1 fully saturated rings. The van der Waals surface area contributed by atoms with Crippen LogP contribution < -0.4 is 4.72 Å². The van der Waals surface area contributed by atoms with E-state index in [-0.39, 0.29) is 6.04 Å². The molecule has 4 heteroatoms. The monoisotopic (exact) mass is 176 g/mol. The van der Waals surface area contributed by atoms with E-state index in [9.17, 15) is 8.42 Å². The molecule has 1 saturated carbocycles. The lowest BCUT2D eigenvalue weighted by Gasteiger charge is -2.19. The van der Waals surface area contributed by atoms with Crippen LogP contribution in [-0.4, -0.2) is 20.7 Å². The van der Waals surface area contributed by atoms with Crippen LogP contribution in [0, 0.1) is 0 Å². The smallest absolute Gasteiger partial charge is 0.211 e. The van der Waals surface area contributed by atoms with Gasteiger partial charge in [0.05, 0.1) is 6.26 Å². The topological polar surface area (TPSA) is 48.2 Å². The summed E-state index contributed by atoms with van der Waals surface area (Å²) >= 11 is 0. The number of rotatable bonds is 2. The Morgan fingerprint density at radius 3 is 2.18 bits per heavy atom. The summed E-state index contributed by atoms with van der Waals surface area (Å²) in [7, 11) is -3.10. The Morgan fingerprint density at radius 2 is 1.73 bits per heavy atom. The van der Waals surface area contributed by atoms with Crippen LogP contribution in [0.15, 0.2) is 0 Å². The molecule has 0 bridgehead atoms. The van der Waals surface area contributed by atoms with Crippen molar-refractivity contribution in [2.45, 2.75) is 38.1 Å². The van der Waals surface area contributed by atoms with Gasteiger partial charge in [-0.1, -0.05) is 19.3 Å². The maximum atomic E-state index is 10.7. The maximum absolute atomic E-state index is 10.7. The fourth-order valence-corrected chi connectivity index (χ4v) is 2.21. The summed E-state index contributed by atoms with van der Waals surface area (Å²) < 4.78 is 25.2. The van der Waals surface area contributed by atoms with Gasteiger partial charge in [0, 0.05) is 6.04 Å². The third-order valence-electron chi connectivity index (χ3n) is 1.92. The lowest BCUT2D eigenvalue weighted by molar-refractivity contribution is 0.409. The molecular formula is C7H14NO2S. The van der Waals surface area contributed by atoms with Crippen molar-refractivity contribution in [1.29, 1.82) is 0 Å². The van der Waals surface area contributed by atoms with E-state index < -0.39 is 10.0 Å². The van der Waals surface area contributed by atoms with Crippen molar-refractivity contribution in [2.75, 3.05) is 6.26 Å². The Kier molecular flexibility index (Phi) is 2.90. The summed E-state index contributed by atoms with van der Waals surface area (Å²) in [5, 5.41) is 0. The van der Waals surface area contributed by atoms with Crippen LogP contribution >= 0.6 is 0 Å². The summed E-state index contributed by atoms with van der Waals surface area (Å²) in [5.41, 5.74) is 0. The van der Waals surface area contributed by atoms with Crippen LogP contribution in [0.4, 0.5) is 0 Å². The van der Waals surface area contributed by atoms with E-state index >= 15 is 0 Å². The minimum absolute atomic E-state index is 0.0822. The van der Waals surface area contributed by atoms with Crippen molar-refractivity contribution in [2.24, 2.45) is 0 Å². The molecule has 0 saturated heterocycles. The average molecular weight is 176 g/mol. The summed E-state index contributed by atoms with van der Waals surface area (Å²) in [4.78, 5) is 0. The van der Waals surface area contributed by atoms with E-state index in [0.29, 0.717) is 0 Å². The normalized spacial score (nSPS) is 21.9. The van der Waals surface area contributed by atoms with Crippen molar-refractivity contribution >= 4 is 10.0 Å². The van der Waals surface area contributed by atoms with E-state index in [1.165, 1.54) is 12.7 Å². The molecule has 0 aromatic carbocycles. The molecule has 0 atom stereocenters. The molecule has 3 nitrogen and oxygen atoms in total. The van der Waals surface area contributed by atoms with Crippen molar-refractivity contribution in [3.05, 3.63) is 0 Å². The van der Waals surface area contributed by atoms with Crippen LogP contribution in [0.25, 0.3) is 0 Å². The summed E-state index contributed by atoms with van der Waals surface area (Å²) in [5.74, 6) is 0. The van der Waals surface area contributed by atoms with Crippen LogP contribution in [0.3, 0.4) is 0 Å². The Balaban J connectivity index is 2.36. The molecule has 0 aromatic rings. The predicted octanol–water partition coefficient (Wildman–Crippen LogP) is 0.883. The zero-order valence-corrected chi connectivity index (χ0v) is 7.60. The standard InChI is InChI=1S/C7H14NO2S/c1-11(9,10)8-7-5-3-2-4-6-7/h7H,2-6H2,1H3. The van der Waals surface area contributed by atoms with E-state index in [1.54, 1.807) is 0 Å². The van der Waals surface area contributed by atoms with E-state index in [1.807, 2.05) is 0 Å². The van der Waals surface area contributed by atoms with Crippen molar-refractivity contribution < 1.29 is 8.42 Å². The molecule has 0 aromatic heterocycles. The first-order chi connectivity index (χ1) is 5.08. The minimum atomic E-state index is -3.10. The molecular weight excluding hydrogens is 162 g/mol. The molecule has 1 aliphatic rings. The van der Waals surface area contributed by atoms with E-state index in [2.05, 4.69) is 4.72 Å². The molecule has 0 unspecified atom stereocenters. The largest absolute Gasteiger partial charge is 0.225 e.